The molecule has 0 radical (unpaired) electrons. The Labute approximate surface area is 89.1 Å². The number of nitrogens with one attached hydrogen (secondary N) is 1. The molecule has 5 nitrogen and oxygen atoms in total. The van der Waals surface area contributed by atoms with E-state index in [1.165, 1.54) is 0 Å². The molecule has 0 aliphatic rings. The van der Waals surface area contributed by atoms with E-state index in [9.17, 15) is 4.79 Å². The van der Waals surface area contributed by atoms with Crippen molar-refractivity contribution in [2.24, 2.45) is 11.7 Å². The summed E-state index contributed by atoms with van der Waals surface area (Å²) in [5.41, 5.74) is 5.37. The highest BCUT2D eigenvalue weighted by Gasteiger charge is 2.12. The van der Waals surface area contributed by atoms with Gasteiger partial charge in [0.05, 0.1) is 12.7 Å². The van der Waals surface area contributed by atoms with Gasteiger partial charge in [0.15, 0.2) is 0 Å². The van der Waals surface area contributed by atoms with Crippen LogP contribution in [0.5, 0.6) is 0 Å². The number of hydrogen-bond acceptors (Lipinski definition) is 4. The van der Waals surface area contributed by atoms with E-state index >= 15 is 0 Å². The van der Waals surface area contributed by atoms with Gasteiger partial charge in [0.2, 0.25) is 11.8 Å². The molecule has 5 heteroatoms. The number of rotatable bonds is 5. The highest BCUT2D eigenvalue weighted by molar-refractivity contribution is 5.78. The van der Waals surface area contributed by atoms with Gasteiger partial charge < -0.3 is 15.5 Å². The van der Waals surface area contributed by atoms with E-state index in [0.717, 1.165) is 5.76 Å². The molecule has 0 fully saturated rings. The van der Waals surface area contributed by atoms with Crippen molar-refractivity contribution in [3.8, 4) is 0 Å². The molecular weight excluding hydrogens is 194 g/mol. The third-order valence-corrected chi connectivity index (χ3v) is 2.13. The maximum atomic E-state index is 11.5. The molecule has 1 unspecified atom stereocenters. The second kappa shape index (κ2) is 5.50. The molecule has 1 atom stereocenters. The van der Waals surface area contributed by atoms with Gasteiger partial charge in [0.25, 0.3) is 0 Å². The second-order valence-corrected chi connectivity index (χ2v) is 3.56. The molecule has 15 heavy (non-hydrogen) atoms. The van der Waals surface area contributed by atoms with Crippen molar-refractivity contribution in [2.45, 2.75) is 26.8 Å². The number of nitrogens with zero attached hydrogens (tertiary/aromatic N) is 1. The monoisotopic (exact) mass is 211 g/mol. The molecule has 0 saturated carbocycles. The number of oxazole rings is 1. The number of aromatic nitrogens is 1. The van der Waals surface area contributed by atoms with Crippen molar-refractivity contribution in [3.63, 3.8) is 0 Å². The molecule has 1 amide bonds. The Morgan fingerprint density at radius 1 is 1.73 bits per heavy atom. The van der Waals surface area contributed by atoms with Gasteiger partial charge >= 0.3 is 0 Å². The molecule has 0 aromatic carbocycles. The zero-order chi connectivity index (χ0) is 11.3. The SMILES string of the molecule is Cc1cnc(CNC(=O)C(C)CCN)o1. The summed E-state index contributed by atoms with van der Waals surface area (Å²) in [6.07, 6.45) is 2.32. The smallest absolute Gasteiger partial charge is 0.223 e. The zero-order valence-electron chi connectivity index (χ0n) is 9.12. The Hall–Kier alpha value is -1.36. The van der Waals surface area contributed by atoms with Gasteiger partial charge in [-0.05, 0) is 19.9 Å². The van der Waals surface area contributed by atoms with Crippen molar-refractivity contribution in [1.29, 1.82) is 0 Å². The van der Waals surface area contributed by atoms with Crippen molar-refractivity contribution in [2.75, 3.05) is 6.54 Å². The molecule has 0 spiro atoms. The minimum absolute atomic E-state index is 0.0173. The lowest BCUT2D eigenvalue weighted by Crippen LogP contribution is -2.30. The fraction of sp³-hybridized carbons (Fsp3) is 0.600. The van der Waals surface area contributed by atoms with Crippen LogP contribution in [0.4, 0.5) is 0 Å². The second-order valence-electron chi connectivity index (χ2n) is 3.56. The Bertz CT molecular complexity index is 322. The third kappa shape index (κ3) is 3.71. The molecular formula is C10H17N3O2. The quantitative estimate of drug-likeness (QED) is 0.746. The normalized spacial score (nSPS) is 12.5. The van der Waals surface area contributed by atoms with Crippen molar-refractivity contribution in [1.82, 2.24) is 10.3 Å². The highest BCUT2D eigenvalue weighted by Crippen LogP contribution is 2.03. The minimum atomic E-state index is -0.0638. The number of nitrogens with two attached hydrogens (primary N) is 1. The summed E-state index contributed by atoms with van der Waals surface area (Å²) >= 11 is 0. The Morgan fingerprint density at radius 2 is 2.47 bits per heavy atom. The van der Waals surface area contributed by atoms with Crippen molar-refractivity contribution in [3.05, 3.63) is 17.8 Å². The van der Waals surface area contributed by atoms with Crippen LogP contribution in [0.15, 0.2) is 10.6 Å². The van der Waals surface area contributed by atoms with Gasteiger partial charge in [-0.2, -0.15) is 0 Å². The van der Waals surface area contributed by atoms with E-state index < -0.39 is 0 Å². The van der Waals surface area contributed by atoms with Gasteiger partial charge in [0.1, 0.15) is 5.76 Å². The van der Waals surface area contributed by atoms with Crippen LogP contribution >= 0.6 is 0 Å². The van der Waals surface area contributed by atoms with Crippen LogP contribution in [0.1, 0.15) is 25.0 Å². The average molecular weight is 211 g/mol. The van der Waals surface area contributed by atoms with E-state index in [4.69, 9.17) is 10.2 Å². The molecule has 0 saturated heterocycles. The van der Waals surface area contributed by atoms with Crippen LogP contribution in [0.2, 0.25) is 0 Å². The number of hydrogen-bond donors (Lipinski definition) is 2. The topological polar surface area (TPSA) is 81.2 Å². The summed E-state index contributed by atoms with van der Waals surface area (Å²) in [6, 6.07) is 0. The first-order chi connectivity index (χ1) is 7.13. The zero-order valence-corrected chi connectivity index (χ0v) is 9.12. The van der Waals surface area contributed by atoms with Crippen LogP contribution in [0.25, 0.3) is 0 Å². The molecule has 0 aliphatic heterocycles. The van der Waals surface area contributed by atoms with Gasteiger partial charge in [-0.15, -0.1) is 0 Å². The maximum absolute atomic E-state index is 11.5. The van der Waals surface area contributed by atoms with E-state index in [1.54, 1.807) is 6.20 Å². The molecule has 1 heterocycles. The lowest BCUT2D eigenvalue weighted by atomic mass is 10.1. The van der Waals surface area contributed by atoms with Crippen molar-refractivity contribution < 1.29 is 9.21 Å². The molecule has 1 aromatic rings. The summed E-state index contributed by atoms with van der Waals surface area (Å²) < 4.78 is 5.22. The van der Waals surface area contributed by atoms with E-state index in [0.29, 0.717) is 25.4 Å². The predicted molar refractivity (Wildman–Crippen MR) is 55.9 cm³/mol. The lowest BCUT2D eigenvalue weighted by molar-refractivity contribution is -0.124. The molecule has 84 valence electrons. The number of amides is 1. The number of aryl methyl sites for hydroxylation is 1. The summed E-state index contributed by atoms with van der Waals surface area (Å²) in [7, 11) is 0. The maximum Gasteiger partial charge on any atom is 0.223 e. The molecule has 3 N–H and O–H groups in total. The molecule has 0 aliphatic carbocycles. The molecule has 1 aromatic heterocycles. The Kier molecular flexibility index (Phi) is 4.30. The Morgan fingerprint density at radius 3 is 3.00 bits per heavy atom. The van der Waals surface area contributed by atoms with E-state index in [1.807, 2.05) is 13.8 Å². The van der Waals surface area contributed by atoms with Crippen LogP contribution in [-0.2, 0) is 11.3 Å². The van der Waals surface area contributed by atoms with E-state index in [-0.39, 0.29) is 11.8 Å². The van der Waals surface area contributed by atoms with Gasteiger partial charge in [-0.25, -0.2) is 4.98 Å². The van der Waals surface area contributed by atoms with Gasteiger partial charge in [-0.1, -0.05) is 6.92 Å². The predicted octanol–water partition coefficient (Wildman–Crippen LogP) is 0.584. The standard InChI is InChI=1S/C10H17N3O2/c1-7(3-4-11)10(14)13-6-9-12-5-8(2)15-9/h5,7H,3-4,6,11H2,1-2H3,(H,13,14). The summed E-state index contributed by atoms with van der Waals surface area (Å²) in [5.74, 6) is 1.19. The van der Waals surface area contributed by atoms with Crippen LogP contribution in [0.3, 0.4) is 0 Å². The molecule has 1 rings (SSSR count). The number of carbonyl (C=O) groups excluding carboxylic acids is 1. The summed E-state index contributed by atoms with van der Waals surface area (Å²) in [5, 5.41) is 2.75. The van der Waals surface area contributed by atoms with Crippen LogP contribution in [-0.4, -0.2) is 17.4 Å². The summed E-state index contributed by atoms with van der Waals surface area (Å²) in [6.45, 7) is 4.52. The van der Waals surface area contributed by atoms with E-state index in [2.05, 4.69) is 10.3 Å². The summed E-state index contributed by atoms with van der Waals surface area (Å²) in [4.78, 5) is 15.5. The Balaban J connectivity index is 2.34. The third-order valence-electron chi connectivity index (χ3n) is 2.13. The fourth-order valence-electron chi connectivity index (χ4n) is 1.20. The van der Waals surface area contributed by atoms with Crippen molar-refractivity contribution >= 4 is 5.91 Å². The average Bonchev–Trinajstić information content (AvgIpc) is 2.61. The lowest BCUT2D eigenvalue weighted by Gasteiger charge is -2.09. The first kappa shape index (κ1) is 11.7. The highest BCUT2D eigenvalue weighted by atomic mass is 16.4. The fourth-order valence-corrected chi connectivity index (χ4v) is 1.20. The number of carbonyl (C=O) groups is 1. The van der Waals surface area contributed by atoms with Crippen LogP contribution < -0.4 is 11.1 Å². The minimum Gasteiger partial charge on any atom is -0.444 e. The van der Waals surface area contributed by atoms with Gasteiger partial charge in [-0.3, -0.25) is 4.79 Å². The van der Waals surface area contributed by atoms with Crippen LogP contribution in [0, 0.1) is 12.8 Å². The van der Waals surface area contributed by atoms with Gasteiger partial charge in [0, 0.05) is 5.92 Å². The first-order valence-corrected chi connectivity index (χ1v) is 5.02. The molecule has 0 bridgehead atoms. The first-order valence-electron chi connectivity index (χ1n) is 5.02. The largest absolute Gasteiger partial charge is 0.444 e.